The topological polar surface area (TPSA) is 99.3 Å². The zero-order valence-corrected chi connectivity index (χ0v) is 11.7. The van der Waals surface area contributed by atoms with E-state index in [9.17, 15) is 14.4 Å². The maximum atomic E-state index is 12.0. The first-order valence-corrected chi connectivity index (χ1v) is 6.30. The Bertz CT molecular complexity index is 783. The van der Waals surface area contributed by atoms with Gasteiger partial charge in [0.2, 0.25) is 0 Å². The Labute approximate surface area is 124 Å². The first kappa shape index (κ1) is 14.8. The van der Waals surface area contributed by atoms with Crippen molar-refractivity contribution in [2.75, 3.05) is 5.32 Å². The Kier molecular flexibility index (Phi) is 4.09. The average molecular weight is 307 g/mol. The Morgan fingerprint density at radius 2 is 1.90 bits per heavy atom. The molecule has 1 aromatic carbocycles. The van der Waals surface area contributed by atoms with Crippen LogP contribution < -0.4 is 10.9 Å². The van der Waals surface area contributed by atoms with E-state index in [1.54, 1.807) is 13.0 Å². The molecule has 7 heteroatoms. The molecule has 21 heavy (non-hydrogen) atoms. The number of hydrogen-bond donors (Lipinski definition) is 3. The number of benzene rings is 1. The van der Waals surface area contributed by atoms with Gasteiger partial charge in [-0.05, 0) is 37.3 Å². The number of hydrogen-bond acceptors (Lipinski definition) is 3. The zero-order chi connectivity index (χ0) is 15.6. The van der Waals surface area contributed by atoms with Crippen molar-refractivity contribution in [1.82, 2.24) is 4.98 Å². The molecule has 6 nitrogen and oxygen atoms in total. The van der Waals surface area contributed by atoms with E-state index in [1.165, 1.54) is 24.3 Å². The number of aryl methyl sites for hydroxylation is 1. The third-order valence-corrected chi connectivity index (χ3v) is 3.08. The number of carboxylic acids is 1. The normalized spacial score (nSPS) is 10.2. The second-order valence-electron chi connectivity index (χ2n) is 4.34. The smallest absolute Gasteiger partial charge is 0.337 e. The second-order valence-corrected chi connectivity index (χ2v) is 4.75. The van der Waals surface area contributed by atoms with Crippen LogP contribution in [0.15, 0.2) is 35.1 Å². The maximum Gasteiger partial charge on any atom is 0.337 e. The summed E-state index contributed by atoms with van der Waals surface area (Å²) in [5.41, 5.74) is 0.164. The van der Waals surface area contributed by atoms with Crippen molar-refractivity contribution in [2.24, 2.45) is 0 Å². The summed E-state index contributed by atoms with van der Waals surface area (Å²) in [6.07, 6.45) is 0. The van der Waals surface area contributed by atoms with Gasteiger partial charge in [0, 0.05) is 11.4 Å². The summed E-state index contributed by atoms with van der Waals surface area (Å²) in [6, 6.07) is 7.04. The molecular formula is C14H11ClN2O4. The molecule has 0 unspecified atom stereocenters. The standard InChI is InChI=1S/C14H11ClN2O4/c1-7-2-4-9(12(18)16-7)13(19)17-8-3-5-11(15)10(6-8)14(20)21/h2-6H,1H3,(H,16,18)(H,17,19)(H,20,21). The molecule has 0 radical (unpaired) electrons. The molecule has 1 heterocycles. The first-order chi connectivity index (χ1) is 9.88. The van der Waals surface area contributed by atoms with Crippen molar-refractivity contribution < 1.29 is 14.7 Å². The fraction of sp³-hybridized carbons (Fsp3) is 0.0714. The minimum Gasteiger partial charge on any atom is -0.478 e. The van der Waals surface area contributed by atoms with Gasteiger partial charge in [-0.3, -0.25) is 9.59 Å². The molecule has 0 bridgehead atoms. The fourth-order valence-electron chi connectivity index (χ4n) is 1.72. The van der Waals surface area contributed by atoms with Crippen LogP contribution >= 0.6 is 11.6 Å². The van der Waals surface area contributed by atoms with Crippen LogP contribution in [-0.4, -0.2) is 22.0 Å². The zero-order valence-electron chi connectivity index (χ0n) is 10.9. The summed E-state index contributed by atoms with van der Waals surface area (Å²) >= 11 is 5.74. The summed E-state index contributed by atoms with van der Waals surface area (Å²) in [7, 11) is 0. The highest BCUT2D eigenvalue weighted by atomic mass is 35.5. The molecular weight excluding hydrogens is 296 g/mol. The molecule has 0 aliphatic rings. The number of aromatic amines is 1. The second kappa shape index (κ2) is 5.80. The number of rotatable bonds is 3. The van der Waals surface area contributed by atoms with Gasteiger partial charge in [-0.1, -0.05) is 11.6 Å². The number of carboxylic acid groups (broad SMARTS) is 1. The molecule has 2 aromatic rings. The van der Waals surface area contributed by atoms with E-state index in [-0.39, 0.29) is 21.8 Å². The number of carbonyl (C=O) groups excluding carboxylic acids is 1. The van der Waals surface area contributed by atoms with Crippen molar-refractivity contribution in [3.8, 4) is 0 Å². The average Bonchev–Trinajstić information content (AvgIpc) is 2.40. The molecule has 1 amide bonds. The van der Waals surface area contributed by atoms with Crippen molar-refractivity contribution in [3.05, 3.63) is 62.5 Å². The van der Waals surface area contributed by atoms with E-state index in [4.69, 9.17) is 16.7 Å². The number of anilines is 1. The minimum atomic E-state index is -1.20. The number of carbonyl (C=O) groups is 2. The Balaban J connectivity index is 2.29. The van der Waals surface area contributed by atoms with Gasteiger partial charge in [-0.15, -0.1) is 0 Å². The van der Waals surface area contributed by atoms with Gasteiger partial charge >= 0.3 is 5.97 Å². The minimum absolute atomic E-state index is 0.0626. The molecule has 3 N–H and O–H groups in total. The quantitative estimate of drug-likeness (QED) is 0.810. The van der Waals surface area contributed by atoms with Gasteiger partial charge in [0.25, 0.3) is 11.5 Å². The summed E-state index contributed by atoms with van der Waals surface area (Å²) < 4.78 is 0. The van der Waals surface area contributed by atoms with Crippen LogP contribution in [0.3, 0.4) is 0 Å². The van der Waals surface area contributed by atoms with Crippen LogP contribution in [0.2, 0.25) is 5.02 Å². The van der Waals surface area contributed by atoms with Gasteiger partial charge in [0.15, 0.2) is 0 Å². The fourth-order valence-corrected chi connectivity index (χ4v) is 1.91. The Morgan fingerprint density at radius 1 is 1.19 bits per heavy atom. The van der Waals surface area contributed by atoms with E-state index < -0.39 is 17.4 Å². The number of H-pyrrole nitrogens is 1. The third-order valence-electron chi connectivity index (χ3n) is 2.75. The highest BCUT2D eigenvalue weighted by Crippen LogP contribution is 2.20. The van der Waals surface area contributed by atoms with E-state index in [0.29, 0.717) is 5.69 Å². The summed E-state index contributed by atoms with van der Waals surface area (Å²) in [4.78, 5) is 37.2. The predicted molar refractivity (Wildman–Crippen MR) is 78.2 cm³/mol. The molecule has 0 fully saturated rings. The van der Waals surface area contributed by atoms with Crippen LogP contribution in [0, 0.1) is 6.92 Å². The van der Waals surface area contributed by atoms with E-state index >= 15 is 0 Å². The molecule has 0 saturated heterocycles. The molecule has 1 aromatic heterocycles. The van der Waals surface area contributed by atoms with E-state index in [2.05, 4.69) is 10.3 Å². The summed E-state index contributed by atoms with van der Waals surface area (Å²) in [6.45, 7) is 1.70. The lowest BCUT2D eigenvalue weighted by Crippen LogP contribution is -2.23. The van der Waals surface area contributed by atoms with Gasteiger partial charge in [0.05, 0.1) is 10.6 Å². The number of aromatic carboxylic acids is 1. The number of pyridine rings is 1. The maximum absolute atomic E-state index is 12.0. The SMILES string of the molecule is Cc1ccc(C(=O)Nc2ccc(Cl)c(C(=O)O)c2)c(=O)[nH]1. The summed E-state index contributed by atoms with van der Waals surface area (Å²) in [5, 5.41) is 11.5. The van der Waals surface area contributed by atoms with Crippen LogP contribution in [-0.2, 0) is 0 Å². The van der Waals surface area contributed by atoms with E-state index in [0.717, 1.165) is 0 Å². The molecule has 0 atom stereocenters. The lowest BCUT2D eigenvalue weighted by molar-refractivity contribution is 0.0696. The number of nitrogens with one attached hydrogen (secondary N) is 2. The first-order valence-electron chi connectivity index (χ1n) is 5.92. The highest BCUT2D eigenvalue weighted by Gasteiger charge is 2.13. The molecule has 0 aliphatic heterocycles. The van der Waals surface area contributed by atoms with Crippen molar-refractivity contribution in [3.63, 3.8) is 0 Å². The van der Waals surface area contributed by atoms with Gasteiger partial charge in [-0.2, -0.15) is 0 Å². The van der Waals surface area contributed by atoms with E-state index in [1.807, 2.05) is 0 Å². The number of aromatic nitrogens is 1. The van der Waals surface area contributed by atoms with Crippen molar-refractivity contribution in [2.45, 2.75) is 6.92 Å². The lowest BCUT2D eigenvalue weighted by Gasteiger charge is -2.07. The lowest BCUT2D eigenvalue weighted by atomic mass is 10.2. The third kappa shape index (κ3) is 3.29. The van der Waals surface area contributed by atoms with Crippen LogP contribution in [0.4, 0.5) is 5.69 Å². The Hall–Kier alpha value is -2.60. The number of amides is 1. The molecule has 0 spiro atoms. The van der Waals surface area contributed by atoms with Crippen molar-refractivity contribution >= 4 is 29.2 Å². The van der Waals surface area contributed by atoms with Gasteiger partial charge < -0.3 is 15.4 Å². The monoisotopic (exact) mass is 306 g/mol. The number of halogens is 1. The summed E-state index contributed by atoms with van der Waals surface area (Å²) in [5.74, 6) is -1.83. The molecule has 0 saturated carbocycles. The van der Waals surface area contributed by atoms with Crippen molar-refractivity contribution in [1.29, 1.82) is 0 Å². The van der Waals surface area contributed by atoms with Crippen LogP contribution in [0.1, 0.15) is 26.4 Å². The van der Waals surface area contributed by atoms with Gasteiger partial charge in [-0.25, -0.2) is 4.79 Å². The largest absolute Gasteiger partial charge is 0.478 e. The molecule has 0 aliphatic carbocycles. The highest BCUT2D eigenvalue weighted by molar-refractivity contribution is 6.33. The molecule has 108 valence electrons. The predicted octanol–water partition coefficient (Wildman–Crippen LogP) is 2.29. The van der Waals surface area contributed by atoms with Crippen LogP contribution in [0.5, 0.6) is 0 Å². The van der Waals surface area contributed by atoms with Crippen LogP contribution in [0.25, 0.3) is 0 Å². The van der Waals surface area contributed by atoms with Gasteiger partial charge in [0.1, 0.15) is 5.56 Å². The molecule has 2 rings (SSSR count). The Morgan fingerprint density at radius 3 is 2.52 bits per heavy atom.